The maximum absolute atomic E-state index is 13.7. The summed E-state index contributed by atoms with van der Waals surface area (Å²) in [6.45, 7) is 12.4. The number of hydrogen-bond donors (Lipinski definition) is 0. The topological polar surface area (TPSA) is 46.5 Å². The molecule has 1 aliphatic carbocycles. The van der Waals surface area contributed by atoms with Crippen molar-refractivity contribution in [2.75, 3.05) is 6.54 Å². The van der Waals surface area contributed by atoms with Gasteiger partial charge in [0, 0.05) is 28.2 Å². The fourth-order valence-electron chi connectivity index (χ4n) is 4.40. The molecule has 0 N–H and O–H groups in total. The van der Waals surface area contributed by atoms with Crippen LogP contribution in [0.15, 0.2) is 87.7 Å². The molecule has 3 unspecified atom stereocenters. The van der Waals surface area contributed by atoms with Crippen molar-refractivity contribution in [3.8, 4) is 0 Å². The molecule has 4 heteroatoms. The van der Waals surface area contributed by atoms with Crippen LogP contribution < -0.4 is 0 Å². The average Bonchev–Trinajstić information content (AvgIpc) is 2.89. The van der Waals surface area contributed by atoms with Gasteiger partial charge in [0.1, 0.15) is 0 Å². The van der Waals surface area contributed by atoms with E-state index in [1.807, 2.05) is 38.1 Å². The van der Waals surface area contributed by atoms with Gasteiger partial charge in [-0.05, 0) is 49.3 Å². The van der Waals surface area contributed by atoms with Gasteiger partial charge in [-0.1, -0.05) is 114 Å². The lowest BCUT2D eigenvalue weighted by Crippen LogP contribution is -2.29. The molecule has 0 aliphatic heterocycles. The fraction of sp³-hybridized carbons (Fsp3) is 0.469. The standard InChI is InChI=1S/C32H43NO2S/c1-6-10-11-15-19-30(33-23-26(9-4)31(34)25(8-3)16-7-2)32(35)29-21-20-28(22-24(29)5)36-27-17-13-12-14-18-27/h7,12-14,16-18,20-22,24,26,29H,2,6,8-11,15,19,23H2,1,3-5H3/b25-16+,33-30?. The minimum absolute atomic E-state index is 0.0976. The molecule has 1 aromatic rings. The largest absolute Gasteiger partial charge is 0.294 e. The van der Waals surface area contributed by atoms with Crippen LogP contribution in [0.1, 0.15) is 72.6 Å². The fourth-order valence-corrected chi connectivity index (χ4v) is 5.39. The average molecular weight is 506 g/mol. The number of aliphatic imine (C=N–C) groups is 1. The number of rotatable bonds is 16. The van der Waals surface area contributed by atoms with E-state index in [0.29, 0.717) is 31.5 Å². The summed E-state index contributed by atoms with van der Waals surface area (Å²) in [6.07, 6.45) is 16.2. The Bertz CT molecular complexity index is 987. The molecule has 0 bridgehead atoms. The number of carbonyl (C=O) groups is 2. The van der Waals surface area contributed by atoms with Gasteiger partial charge in [-0.15, -0.1) is 0 Å². The van der Waals surface area contributed by atoms with E-state index in [0.717, 1.165) is 36.2 Å². The highest BCUT2D eigenvalue weighted by atomic mass is 32.2. The molecule has 2 rings (SSSR count). The summed E-state index contributed by atoms with van der Waals surface area (Å²) in [6, 6.07) is 10.3. The highest BCUT2D eigenvalue weighted by molar-refractivity contribution is 8.03. The Morgan fingerprint density at radius 2 is 1.86 bits per heavy atom. The molecule has 0 spiro atoms. The Hall–Kier alpha value is -2.46. The number of allylic oxidation sites excluding steroid dienone is 6. The van der Waals surface area contributed by atoms with E-state index in [2.05, 4.69) is 44.7 Å². The summed E-state index contributed by atoms with van der Waals surface area (Å²) in [5.74, 6) is -0.0893. The summed E-state index contributed by atoms with van der Waals surface area (Å²) in [4.78, 5) is 33.9. The normalized spacial score (nSPS) is 19.1. The van der Waals surface area contributed by atoms with Gasteiger partial charge in [-0.25, -0.2) is 0 Å². The van der Waals surface area contributed by atoms with Crippen molar-refractivity contribution < 1.29 is 9.59 Å². The second-order valence-corrected chi connectivity index (χ2v) is 10.6. The van der Waals surface area contributed by atoms with E-state index in [4.69, 9.17) is 4.99 Å². The first-order valence-electron chi connectivity index (χ1n) is 13.5. The second kappa shape index (κ2) is 16.3. The zero-order valence-electron chi connectivity index (χ0n) is 22.5. The van der Waals surface area contributed by atoms with Crippen LogP contribution in [-0.4, -0.2) is 23.8 Å². The van der Waals surface area contributed by atoms with Crippen LogP contribution in [0.25, 0.3) is 0 Å². The van der Waals surface area contributed by atoms with Gasteiger partial charge in [0.25, 0.3) is 0 Å². The van der Waals surface area contributed by atoms with Crippen molar-refractivity contribution >= 4 is 29.0 Å². The highest BCUT2D eigenvalue weighted by Gasteiger charge is 2.28. The van der Waals surface area contributed by atoms with Gasteiger partial charge in [-0.2, -0.15) is 0 Å². The van der Waals surface area contributed by atoms with Gasteiger partial charge in [-0.3, -0.25) is 14.6 Å². The Balaban J connectivity index is 2.17. The van der Waals surface area contributed by atoms with Crippen LogP contribution in [0.3, 0.4) is 0 Å². The molecule has 1 aliphatic rings. The molecule has 0 fully saturated rings. The first kappa shape index (κ1) is 29.8. The lowest BCUT2D eigenvalue weighted by atomic mass is 9.83. The Morgan fingerprint density at radius 3 is 2.47 bits per heavy atom. The van der Waals surface area contributed by atoms with E-state index in [9.17, 15) is 9.59 Å². The van der Waals surface area contributed by atoms with E-state index < -0.39 is 0 Å². The molecule has 0 aromatic heterocycles. The van der Waals surface area contributed by atoms with Crippen molar-refractivity contribution in [1.29, 1.82) is 0 Å². The number of thioether (sulfide) groups is 1. The maximum atomic E-state index is 13.7. The SMILES string of the molecule is C=C/C=C(\CC)C(=O)C(CC)CN=C(CCCCCC)C(=O)C1C=CC(Sc2ccccc2)=CC1C. The first-order chi connectivity index (χ1) is 17.4. The molecular formula is C32H43NO2S. The highest BCUT2D eigenvalue weighted by Crippen LogP contribution is 2.34. The summed E-state index contributed by atoms with van der Waals surface area (Å²) in [7, 11) is 0. The lowest BCUT2D eigenvalue weighted by Gasteiger charge is -2.23. The van der Waals surface area contributed by atoms with Crippen LogP contribution in [0.5, 0.6) is 0 Å². The van der Waals surface area contributed by atoms with Crippen molar-refractivity contribution in [2.24, 2.45) is 22.7 Å². The van der Waals surface area contributed by atoms with Gasteiger partial charge in [0.2, 0.25) is 0 Å². The monoisotopic (exact) mass is 505 g/mol. The van der Waals surface area contributed by atoms with Crippen LogP contribution in [0.4, 0.5) is 0 Å². The molecule has 3 atom stereocenters. The summed E-state index contributed by atoms with van der Waals surface area (Å²) >= 11 is 1.72. The molecule has 3 nitrogen and oxygen atoms in total. The maximum Gasteiger partial charge on any atom is 0.183 e. The number of Topliss-reactive ketones (excluding diaryl/α,β-unsaturated/α-hetero) is 2. The number of benzene rings is 1. The Morgan fingerprint density at radius 1 is 1.11 bits per heavy atom. The van der Waals surface area contributed by atoms with E-state index in [-0.39, 0.29) is 29.3 Å². The zero-order chi connectivity index (χ0) is 26.3. The third-order valence-electron chi connectivity index (χ3n) is 6.68. The molecule has 1 aromatic carbocycles. The van der Waals surface area contributed by atoms with Gasteiger partial charge in [0.15, 0.2) is 11.6 Å². The van der Waals surface area contributed by atoms with E-state index >= 15 is 0 Å². The van der Waals surface area contributed by atoms with Crippen LogP contribution in [-0.2, 0) is 9.59 Å². The minimum Gasteiger partial charge on any atom is -0.294 e. The Labute approximate surface area is 222 Å². The molecule has 0 saturated heterocycles. The molecule has 0 radical (unpaired) electrons. The van der Waals surface area contributed by atoms with Crippen molar-refractivity contribution in [2.45, 2.75) is 77.5 Å². The van der Waals surface area contributed by atoms with Crippen molar-refractivity contribution in [1.82, 2.24) is 0 Å². The number of carbonyl (C=O) groups excluding carboxylic acids is 2. The molecule has 0 heterocycles. The van der Waals surface area contributed by atoms with Crippen LogP contribution in [0, 0.1) is 17.8 Å². The number of nitrogens with zero attached hydrogens (tertiary/aromatic N) is 1. The number of hydrogen-bond acceptors (Lipinski definition) is 4. The predicted molar refractivity (Wildman–Crippen MR) is 156 cm³/mol. The molecular weight excluding hydrogens is 462 g/mol. The zero-order valence-corrected chi connectivity index (χ0v) is 23.4. The summed E-state index contributed by atoms with van der Waals surface area (Å²) < 4.78 is 0. The smallest absolute Gasteiger partial charge is 0.183 e. The van der Waals surface area contributed by atoms with Crippen LogP contribution >= 0.6 is 11.8 Å². The van der Waals surface area contributed by atoms with Crippen molar-refractivity contribution in [3.05, 3.63) is 77.8 Å². The minimum atomic E-state index is -0.210. The van der Waals surface area contributed by atoms with Gasteiger partial charge < -0.3 is 0 Å². The summed E-state index contributed by atoms with van der Waals surface area (Å²) in [5.41, 5.74) is 1.43. The molecule has 194 valence electrons. The van der Waals surface area contributed by atoms with Crippen molar-refractivity contribution in [3.63, 3.8) is 0 Å². The predicted octanol–water partition coefficient (Wildman–Crippen LogP) is 8.58. The lowest BCUT2D eigenvalue weighted by molar-refractivity contribution is -0.119. The molecule has 0 amide bonds. The molecule has 36 heavy (non-hydrogen) atoms. The molecule has 0 saturated carbocycles. The van der Waals surface area contributed by atoms with Crippen LogP contribution in [0.2, 0.25) is 0 Å². The third kappa shape index (κ3) is 9.20. The Kier molecular flexibility index (Phi) is 13.5. The number of ketones is 2. The van der Waals surface area contributed by atoms with E-state index in [1.165, 1.54) is 4.90 Å². The second-order valence-electron chi connectivity index (χ2n) is 9.44. The van der Waals surface area contributed by atoms with E-state index in [1.54, 1.807) is 23.9 Å². The first-order valence-corrected chi connectivity index (χ1v) is 14.3. The quantitative estimate of drug-likeness (QED) is 0.0978. The summed E-state index contributed by atoms with van der Waals surface area (Å²) in [5, 5.41) is 0. The van der Waals surface area contributed by atoms with Gasteiger partial charge >= 0.3 is 0 Å². The number of unbranched alkanes of at least 4 members (excludes halogenated alkanes) is 3. The van der Waals surface area contributed by atoms with Gasteiger partial charge in [0.05, 0.1) is 5.71 Å². The third-order valence-corrected chi connectivity index (χ3v) is 7.69.